The van der Waals surface area contributed by atoms with E-state index in [0.29, 0.717) is 5.92 Å². The van der Waals surface area contributed by atoms with E-state index < -0.39 is 0 Å². The van der Waals surface area contributed by atoms with Gasteiger partial charge < -0.3 is 10.2 Å². The monoisotopic (exact) mass is 240 g/mol. The van der Waals surface area contributed by atoms with Gasteiger partial charge in [0.05, 0.1) is 0 Å². The van der Waals surface area contributed by atoms with Gasteiger partial charge in [-0.25, -0.2) is 0 Å². The van der Waals surface area contributed by atoms with Crippen LogP contribution in [0.2, 0.25) is 0 Å². The fourth-order valence-electron chi connectivity index (χ4n) is 1.95. The first-order valence-electron chi connectivity index (χ1n) is 6.34. The molecule has 17 heavy (non-hydrogen) atoms. The molecule has 1 saturated heterocycles. The lowest BCUT2D eigenvalue weighted by Crippen LogP contribution is -2.42. The van der Waals surface area contributed by atoms with Crippen molar-refractivity contribution in [3.8, 4) is 0 Å². The maximum absolute atomic E-state index is 11.7. The van der Waals surface area contributed by atoms with Gasteiger partial charge >= 0.3 is 0 Å². The number of hydrogen-bond donors (Lipinski definition) is 1. The van der Waals surface area contributed by atoms with Crippen molar-refractivity contribution in [2.45, 2.75) is 40.5 Å². The Balaban J connectivity index is 2.28. The average molecular weight is 240 g/mol. The molecule has 1 aliphatic heterocycles. The van der Waals surface area contributed by atoms with E-state index in [0.717, 1.165) is 32.5 Å². The van der Waals surface area contributed by atoms with E-state index in [9.17, 15) is 9.59 Å². The molecule has 1 heterocycles. The van der Waals surface area contributed by atoms with Gasteiger partial charge in [-0.1, -0.05) is 20.8 Å². The number of carbonyl (C=O) groups excluding carboxylic acids is 2. The first-order valence-corrected chi connectivity index (χ1v) is 6.34. The third-order valence-electron chi connectivity index (χ3n) is 3.29. The van der Waals surface area contributed by atoms with Crippen LogP contribution in [-0.2, 0) is 9.59 Å². The summed E-state index contributed by atoms with van der Waals surface area (Å²) in [6.07, 6.45) is 1.98. The van der Waals surface area contributed by atoms with Gasteiger partial charge in [-0.15, -0.1) is 0 Å². The summed E-state index contributed by atoms with van der Waals surface area (Å²) in [5.74, 6) is 0.769. The van der Waals surface area contributed by atoms with Crippen LogP contribution >= 0.6 is 0 Å². The topological polar surface area (TPSA) is 49.4 Å². The van der Waals surface area contributed by atoms with Crippen LogP contribution in [0.4, 0.5) is 0 Å². The van der Waals surface area contributed by atoms with E-state index in [1.165, 1.54) is 0 Å². The molecule has 0 aromatic rings. The number of nitrogens with one attached hydrogen (secondary N) is 1. The molecule has 0 aromatic heterocycles. The number of rotatable bonds is 2. The second-order valence-corrected chi connectivity index (χ2v) is 5.91. The van der Waals surface area contributed by atoms with E-state index in [1.54, 1.807) is 6.92 Å². The Hall–Kier alpha value is -1.06. The number of likely N-dealkylation sites (tertiary alicyclic amines) is 1. The normalized spacial score (nSPS) is 18.0. The van der Waals surface area contributed by atoms with Gasteiger partial charge in [0.2, 0.25) is 11.8 Å². The zero-order valence-corrected chi connectivity index (χ0v) is 11.4. The molecule has 0 bridgehead atoms. The van der Waals surface area contributed by atoms with Crippen molar-refractivity contribution in [3.05, 3.63) is 0 Å². The van der Waals surface area contributed by atoms with E-state index >= 15 is 0 Å². The molecule has 0 aromatic carbocycles. The molecule has 1 rings (SSSR count). The molecule has 4 heteroatoms. The summed E-state index contributed by atoms with van der Waals surface area (Å²) in [4.78, 5) is 24.7. The first-order chi connectivity index (χ1) is 7.80. The number of amides is 2. The number of hydrogen-bond acceptors (Lipinski definition) is 2. The maximum atomic E-state index is 11.7. The Bertz CT molecular complexity index is 286. The first kappa shape index (κ1) is 14.0. The Labute approximate surface area is 104 Å². The fourth-order valence-corrected chi connectivity index (χ4v) is 1.95. The predicted molar refractivity (Wildman–Crippen MR) is 67.4 cm³/mol. The second kappa shape index (κ2) is 5.52. The summed E-state index contributed by atoms with van der Waals surface area (Å²) in [7, 11) is 0. The highest BCUT2D eigenvalue weighted by Gasteiger charge is 2.24. The third-order valence-corrected chi connectivity index (χ3v) is 3.29. The van der Waals surface area contributed by atoms with Gasteiger partial charge in [-0.3, -0.25) is 9.59 Å². The summed E-state index contributed by atoms with van der Waals surface area (Å²) < 4.78 is 0. The van der Waals surface area contributed by atoms with Crippen molar-refractivity contribution in [2.75, 3.05) is 19.6 Å². The van der Waals surface area contributed by atoms with Crippen molar-refractivity contribution < 1.29 is 9.59 Å². The van der Waals surface area contributed by atoms with Crippen LogP contribution in [0.1, 0.15) is 40.5 Å². The molecule has 1 aliphatic rings. The zero-order valence-electron chi connectivity index (χ0n) is 11.4. The smallest absolute Gasteiger partial charge is 0.225 e. The lowest BCUT2D eigenvalue weighted by atomic mass is 9.93. The van der Waals surface area contributed by atoms with Crippen LogP contribution in [0.3, 0.4) is 0 Å². The van der Waals surface area contributed by atoms with Crippen molar-refractivity contribution in [3.63, 3.8) is 0 Å². The predicted octanol–water partition coefficient (Wildman–Crippen LogP) is 1.41. The van der Waals surface area contributed by atoms with Gasteiger partial charge in [0.15, 0.2) is 0 Å². The van der Waals surface area contributed by atoms with E-state index in [4.69, 9.17) is 0 Å². The lowest BCUT2D eigenvalue weighted by molar-refractivity contribution is -0.131. The molecule has 0 saturated carbocycles. The summed E-state index contributed by atoms with van der Waals surface area (Å²) in [5, 5.41) is 2.99. The Kier molecular flexibility index (Phi) is 4.54. The highest BCUT2D eigenvalue weighted by atomic mass is 16.2. The maximum Gasteiger partial charge on any atom is 0.225 e. The molecule has 0 unspecified atom stereocenters. The molecule has 1 N–H and O–H groups in total. The molecule has 2 amide bonds. The van der Waals surface area contributed by atoms with Crippen LogP contribution in [-0.4, -0.2) is 36.3 Å². The zero-order chi connectivity index (χ0) is 13.1. The number of piperidine rings is 1. The average Bonchev–Trinajstić information content (AvgIpc) is 2.25. The Morgan fingerprint density at radius 3 is 2.18 bits per heavy atom. The molecule has 1 fully saturated rings. The minimum atomic E-state index is -0.319. The number of carbonyl (C=O) groups is 2. The van der Waals surface area contributed by atoms with Crippen molar-refractivity contribution in [1.82, 2.24) is 10.2 Å². The SMILES string of the molecule is CC(=O)N1CCC(CNC(=O)C(C)(C)C)CC1. The summed E-state index contributed by atoms with van der Waals surface area (Å²) in [6, 6.07) is 0. The van der Waals surface area contributed by atoms with Crippen LogP contribution in [0.5, 0.6) is 0 Å². The Morgan fingerprint density at radius 1 is 1.24 bits per heavy atom. The molecular formula is C13H24N2O2. The van der Waals surface area contributed by atoms with Crippen LogP contribution in [0.25, 0.3) is 0 Å². The van der Waals surface area contributed by atoms with Gasteiger partial charge in [-0.05, 0) is 18.8 Å². The minimum Gasteiger partial charge on any atom is -0.355 e. The van der Waals surface area contributed by atoms with Gasteiger partial charge in [0, 0.05) is 32.0 Å². The summed E-state index contributed by atoms with van der Waals surface area (Å²) in [5.41, 5.74) is -0.319. The fraction of sp³-hybridized carbons (Fsp3) is 0.846. The van der Waals surface area contributed by atoms with Gasteiger partial charge in [0.1, 0.15) is 0 Å². The van der Waals surface area contributed by atoms with Crippen LogP contribution in [0, 0.1) is 11.3 Å². The van der Waals surface area contributed by atoms with Crippen LogP contribution < -0.4 is 5.32 Å². The van der Waals surface area contributed by atoms with Crippen molar-refractivity contribution in [1.29, 1.82) is 0 Å². The molecule has 4 nitrogen and oxygen atoms in total. The molecule has 0 aliphatic carbocycles. The van der Waals surface area contributed by atoms with Gasteiger partial charge in [0.25, 0.3) is 0 Å². The minimum absolute atomic E-state index is 0.103. The third kappa shape index (κ3) is 4.36. The summed E-state index contributed by atoms with van der Waals surface area (Å²) >= 11 is 0. The van der Waals surface area contributed by atoms with Crippen molar-refractivity contribution in [2.24, 2.45) is 11.3 Å². The largest absolute Gasteiger partial charge is 0.355 e. The lowest BCUT2D eigenvalue weighted by Gasteiger charge is -2.31. The molecule has 98 valence electrons. The van der Waals surface area contributed by atoms with Crippen LogP contribution in [0.15, 0.2) is 0 Å². The molecular weight excluding hydrogens is 216 g/mol. The van der Waals surface area contributed by atoms with Crippen molar-refractivity contribution >= 4 is 11.8 Å². The van der Waals surface area contributed by atoms with E-state index in [1.807, 2.05) is 25.7 Å². The number of nitrogens with zero attached hydrogens (tertiary/aromatic N) is 1. The van der Waals surface area contributed by atoms with Gasteiger partial charge in [-0.2, -0.15) is 0 Å². The molecule has 0 atom stereocenters. The van der Waals surface area contributed by atoms with E-state index in [-0.39, 0.29) is 17.2 Å². The second-order valence-electron chi connectivity index (χ2n) is 5.91. The Morgan fingerprint density at radius 2 is 1.76 bits per heavy atom. The standard InChI is InChI=1S/C13H24N2O2/c1-10(16)15-7-5-11(6-8-15)9-14-12(17)13(2,3)4/h11H,5-9H2,1-4H3,(H,14,17). The molecule has 0 spiro atoms. The molecule has 0 radical (unpaired) electrons. The van der Waals surface area contributed by atoms with E-state index in [2.05, 4.69) is 5.32 Å². The quantitative estimate of drug-likeness (QED) is 0.793. The highest BCUT2D eigenvalue weighted by molar-refractivity contribution is 5.81. The highest BCUT2D eigenvalue weighted by Crippen LogP contribution is 2.18. The summed E-state index contributed by atoms with van der Waals surface area (Å²) in [6.45, 7) is 9.75.